The number of aromatic nitrogens is 1. The van der Waals surface area contributed by atoms with Crippen molar-refractivity contribution in [2.45, 2.75) is 0 Å². The van der Waals surface area contributed by atoms with Crippen LogP contribution >= 0.6 is 11.3 Å². The molecule has 0 amide bonds. The molecule has 0 fully saturated rings. The minimum Gasteiger partial charge on any atom is -0.309 e. The molecule has 0 spiro atoms. The largest absolute Gasteiger partial charge is 0.309 e. The predicted molar refractivity (Wildman–Crippen MR) is 245 cm³/mol. The minimum atomic E-state index is 1.13. The maximum Gasteiger partial charge on any atom is 0.0640 e. The van der Waals surface area contributed by atoms with Gasteiger partial charge in [-0.3, -0.25) is 0 Å². The van der Waals surface area contributed by atoms with Gasteiger partial charge in [-0.15, -0.1) is 11.3 Å². The molecular formula is C54H36N2S. The van der Waals surface area contributed by atoms with Gasteiger partial charge < -0.3 is 9.47 Å². The summed E-state index contributed by atoms with van der Waals surface area (Å²) >= 11 is 1.87. The number of benzene rings is 9. The Balaban J connectivity index is 1.22. The quantitative estimate of drug-likeness (QED) is 0.158. The number of anilines is 3. The molecule has 268 valence electrons. The number of hydrogen-bond acceptors (Lipinski definition) is 2. The molecule has 0 saturated carbocycles. The van der Waals surface area contributed by atoms with Crippen molar-refractivity contribution in [1.82, 2.24) is 4.57 Å². The molecule has 3 heteroatoms. The average Bonchev–Trinajstić information content (AvgIpc) is 3.84. The van der Waals surface area contributed by atoms with E-state index in [1.54, 1.807) is 0 Å². The van der Waals surface area contributed by atoms with Crippen LogP contribution in [0.1, 0.15) is 0 Å². The summed E-state index contributed by atoms with van der Waals surface area (Å²) in [6.45, 7) is 0. The van der Waals surface area contributed by atoms with E-state index in [0.29, 0.717) is 0 Å². The lowest BCUT2D eigenvalue weighted by molar-refractivity contribution is 1.18. The smallest absolute Gasteiger partial charge is 0.0640 e. The SMILES string of the molecule is c1ccc(-c2ccccc2-c2ccccc2-n2c3ccccc3c3c(N(c4ccccc4-c4ccccc4)c4cccc5c4sc4ccccc45)cccc32)cc1. The highest BCUT2D eigenvalue weighted by molar-refractivity contribution is 7.26. The van der Waals surface area contributed by atoms with Crippen LogP contribution in [0.3, 0.4) is 0 Å². The number of hydrogen-bond donors (Lipinski definition) is 0. The van der Waals surface area contributed by atoms with E-state index in [2.05, 4.69) is 228 Å². The van der Waals surface area contributed by atoms with Crippen molar-refractivity contribution in [3.8, 4) is 39.1 Å². The molecule has 2 heterocycles. The molecule has 11 aromatic rings. The summed E-state index contributed by atoms with van der Waals surface area (Å²) in [7, 11) is 0. The maximum atomic E-state index is 2.52. The second kappa shape index (κ2) is 13.8. The highest BCUT2D eigenvalue weighted by atomic mass is 32.1. The fourth-order valence-corrected chi connectivity index (χ4v) is 9.96. The molecule has 0 aliphatic rings. The summed E-state index contributed by atoms with van der Waals surface area (Å²) < 4.78 is 5.04. The Morgan fingerprint density at radius 1 is 0.333 bits per heavy atom. The van der Waals surface area contributed by atoms with Gasteiger partial charge in [0.1, 0.15) is 0 Å². The van der Waals surface area contributed by atoms with Gasteiger partial charge >= 0.3 is 0 Å². The molecule has 0 aliphatic carbocycles. The first kappa shape index (κ1) is 33.2. The summed E-state index contributed by atoms with van der Waals surface area (Å²) in [6.07, 6.45) is 0. The summed E-state index contributed by atoms with van der Waals surface area (Å²) in [6, 6.07) is 79.3. The zero-order valence-electron chi connectivity index (χ0n) is 31.1. The van der Waals surface area contributed by atoms with Gasteiger partial charge in [0.05, 0.1) is 38.5 Å². The van der Waals surface area contributed by atoms with Gasteiger partial charge in [0.2, 0.25) is 0 Å². The van der Waals surface area contributed by atoms with E-state index in [-0.39, 0.29) is 0 Å². The van der Waals surface area contributed by atoms with E-state index in [9.17, 15) is 0 Å². The minimum absolute atomic E-state index is 1.13. The number of rotatable bonds is 7. The van der Waals surface area contributed by atoms with E-state index in [1.807, 2.05) is 11.3 Å². The van der Waals surface area contributed by atoms with Gasteiger partial charge in [-0.05, 0) is 64.7 Å². The summed E-state index contributed by atoms with van der Waals surface area (Å²) in [4.78, 5) is 2.52. The van der Waals surface area contributed by atoms with Crippen molar-refractivity contribution in [2.75, 3.05) is 4.90 Å². The van der Waals surface area contributed by atoms with Crippen LogP contribution in [0.2, 0.25) is 0 Å². The van der Waals surface area contributed by atoms with E-state index < -0.39 is 0 Å². The number of para-hydroxylation sites is 3. The van der Waals surface area contributed by atoms with E-state index in [4.69, 9.17) is 0 Å². The van der Waals surface area contributed by atoms with Crippen LogP contribution in [0.4, 0.5) is 17.1 Å². The van der Waals surface area contributed by atoms with Gasteiger partial charge in [-0.25, -0.2) is 0 Å². The van der Waals surface area contributed by atoms with Crippen LogP contribution < -0.4 is 4.90 Å². The monoisotopic (exact) mass is 744 g/mol. The molecule has 57 heavy (non-hydrogen) atoms. The Labute approximate surface area is 335 Å². The van der Waals surface area contributed by atoms with Crippen LogP contribution in [0.5, 0.6) is 0 Å². The zero-order valence-corrected chi connectivity index (χ0v) is 31.9. The highest BCUT2D eigenvalue weighted by Crippen LogP contribution is 2.50. The van der Waals surface area contributed by atoms with Crippen LogP contribution in [0.25, 0.3) is 81.0 Å². The lowest BCUT2D eigenvalue weighted by Gasteiger charge is -2.29. The standard InChI is InChI=1S/C54H36N2S/c1-3-19-37(20-4-1)39-23-7-8-25-41(39)42-26-10-14-31-47(42)55-48-32-15-11-28-45(48)53-49(55)33-18-34-50(53)56(46-30-13-9-24-40(46)38-21-5-2-6-22-38)51-35-17-29-44-43-27-12-16-36-52(43)57-54(44)51/h1-36H. The summed E-state index contributed by atoms with van der Waals surface area (Å²) in [5.74, 6) is 0. The molecule has 0 atom stereocenters. The van der Waals surface area contributed by atoms with Crippen molar-refractivity contribution in [1.29, 1.82) is 0 Å². The summed E-state index contributed by atoms with van der Waals surface area (Å²) in [5.41, 5.74) is 14.1. The molecule has 2 aromatic heterocycles. The third kappa shape index (κ3) is 5.47. The van der Waals surface area contributed by atoms with Crippen LogP contribution in [0.15, 0.2) is 218 Å². The molecule has 0 N–H and O–H groups in total. The molecule has 11 rings (SSSR count). The molecular weight excluding hydrogens is 709 g/mol. The number of thiophene rings is 1. The van der Waals surface area contributed by atoms with Gasteiger partial charge in [-0.2, -0.15) is 0 Å². The first-order valence-electron chi connectivity index (χ1n) is 19.4. The molecule has 9 aromatic carbocycles. The lowest BCUT2D eigenvalue weighted by atomic mass is 9.93. The van der Waals surface area contributed by atoms with Crippen molar-refractivity contribution in [3.05, 3.63) is 218 Å². The Hall–Kier alpha value is -7.20. The second-order valence-corrected chi connectivity index (χ2v) is 15.5. The molecule has 0 unspecified atom stereocenters. The van der Waals surface area contributed by atoms with Crippen molar-refractivity contribution < 1.29 is 0 Å². The average molecular weight is 745 g/mol. The first-order chi connectivity index (χ1) is 28.3. The molecule has 0 radical (unpaired) electrons. The van der Waals surface area contributed by atoms with E-state index >= 15 is 0 Å². The second-order valence-electron chi connectivity index (χ2n) is 14.4. The van der Waals surface area contributed by atoms with Crippen molar-refractivity contribution >= 4 is 70.4 Å². The molecule has 0 bridgehead atoms. The number of fused-ring (bicyclic) bond motifs is 6. The fourth-order valence-electron chi connectivity index (χ4n) is 8.76. The van der Waals surface area contributed by atoms with Crippen molar-refractivity contribution in [3.63, 3.8) is 0 Å². The molecule has 0 saturated heterocycles. The van der Waals surface area contributed by atoms with Crippen LogP contribution in [0, 0.1) is 0 Å². The first-order valence-corrected chi connectivity index (χ1v) is 20.3. The maximum absolute atomic E-state index is 2.52. The highest BCUT2D eigenvalue weighted by Gasteiger charge is 2.26. The Kier molecular flexibility index (Phi) is 8.04. The predicted octanol–water partition coefficient (Wildman–Crippen LogP) is 15.6. The summed E-state index contributed by atoms with van der Waals surface area (Å²) in [5, 5.41) is 4.98. The molecule has 2 nitrogen and oxygen atoms in total. The fraction of sp³-hybridized carbons (Fsp3) is 0. The lowest BCUT2D eigenvalue weighted by Crippen LogP contribution is -2.12. The third-order valence-electron chi connectivity index (χ3n) is 11.2. The van der Waals surface area contributed by atoms with Gasteiger partial charge in [0.15, 0.2) is 0 Å². The van der Waals surface area contributed by atoms with Crippen LogP contribution in [-0.4, -0.2) is 4.57 Å². The topological polar surface area (TPSA) is 8.17 Å². The van der Waals surface area contributed by atoms with Gasteiger partial charge in [-0.1, -0.05) is 176 Å². The van der Waals surface area contributed by atoms with Gasteiger partial charge in [0.25, 0.3) is 0 Å². The normalized spacial score (nSPS) is 11.5. The zero-order chi connectivity index (χ0) is 37.7. The Morgan fingerprint density at radius 3 is 1.67 bits per heavy atom. The number of nitrogens with zero attached hydrogens (tertiary/aromatic N) is 2. The Morgan fingerprint density at radius 2 is 0.860 bits per heavy atom. The van der Waals surface area contributed by atoms with Crippen LogP contribution in [-0.2, 0) is 0 Å². The van der Waals surface area contributed by atoms with Crippen molar-refractivity contribution in [2.24, 2.45) is 0 Å². The van der Waals surface area contributed by atoms with E-state index in [1.165, 1.54) is 75.5 Å². The van der Waals surface area contributed by atoms with E-state index in [0.717, 1.165) is 22.6 Å². The molecule has 0 aliphatic heterocycles. The van der Waals surface area contributed by atoms with Gasteiger partial charge in [0, 0.05) is 37.4 Å². The Bertz CT molecular complexity index is 3250. The third-order valence-corrected chi connectivity index (χ3v) is 12.4.